The molecule has 3 aromatic rings. The van der Waals surface area contributed by atoms with Crippen molar-refractivity contribution < 1.29 is 28.9 Å². The van der Waals surface area contributed by atoms with Crippen molar-refractivity contribution in [3.8, 4) is 17.2 Å². The molecule has 0 saturated heterocycles. The van der Waals surface area contributed by atoms with E-state index in [2.05, 4.69) is 18.8 Å². The van der Waals surface area contributed by atoms with Gasteiger partial charge in [0.05, 0.1) is 29.5 Å². The summed E-state index contributed by atoms with van der Waals surface area (Å²) in [5.41, 5.74) is 1.96. The monoisotopic (exact) mass is 615 g/mol. The number of carbonyl (C=O) groups excluding carboxylic acids is 2. The van der Waals surface area contributed by atoms with Crippen LogP contribution in [0.2, 0.25) is 0 Å². The van der Waals surface area contributed by atoms with Gasteiger partial charge in [-0.15, -0.1) is 0 Å². The van der Waals surface area contributed by atoms with Crippen LogP contribution in [0.4, 0.5) is 5.69 Å². The van der Waals surface area contributed by atoms with E-state index in [1.807, 2.05) is 13.0 Å². The number of hydrogen-bond donors (Lipinski definition) is 1. The zero-order valence-corrected chi connectivity index (χ0v) is 27.1. The highest BCUT2D eigenvalue weighted by Crippen LogP contribution is 2.24. The van der Waals surface area contributed by atoms with Crippen molar-refractivity contribution in [1.29, 1.82) is 0 Å². The quantitative estimate of drug-likeness (QED) is 0.0588. The fraction of sp³-hybridized carbons (Fsp3) is 0.447. The Labute approximate surface area is 268 Å². The minimum atomic E-state index is -0.522. The van der Waals surface area contributed by atoms with Gasteiger partial charge >= 0.3 is 11.9 Å². The van der Waals surface area contributed by atoms with Gasteiger partial charge in [-0.2, -0.15) is 0 Å². The van der Waals surface area contributed by atoms with Gasteiger partial charge in [-0.3, -0.25) is 4.99 Å². The van der Waals surface area contributed by atoms with Gasteiger partial charge in [0.2, 0.25) is 0 Å². The number of nitrogens with zero attached hydrogens (tertiary/aromatic N) is 1. The molecule has 0 aliphatic heterocycles. The van der Waals surface area contributed by atoms with Crippen molar-refractivity contribution in [3.05, 3.63) is 83.4 Å². The number of hydrogen-bond acceptors (Lipinski definition) is 7. The molecule has 0 radical (unpaired) electrons. The van der Waals surface area contributed by atoms with Crippen LogP contribution in [0.1, 0.15) is 124 Å². The van der Waals surface area contributed by atoms with E-state index >= 15 is 0 Å². The molecule has 7 nitrogen and oxygen atoms in total. The number of esters is 2. The minimum Gasteiger partial charge on any atom is -0.507 e. The Balaban J connectivity index is 1.44. The summed E-state index contributed by atoms with van der Waals surface area (Å²) in [7, 11) is 0. The normalized spacial score (nSPS) is 11.8. The SMILES string of the molecule is CCCCCCCCOc1ccc(C=Nc2ccc(C(=O)Oc3ccc(C(=O)OC(C)CCCCCCC)cc3)cc2)c(O)c1. The lowest BCUT2D eigenvalue weighted by molar-refractivity contribution is 0.0319. The van der Waals surface area contributed by atoms with Gasteiger partial charge in [-0.25, -0.2) is 9.59 Å². The van der Waals surface area contributed by atoms with Crippen molar-refractivity contribution in [2.24, 2.45) is 4.99 Å². The van der Waals surface area contributed by atoms with Crippen LogP contribution in [-0.4, -0.2) is 36.0 Å². The molecule has 0 fully saturated rings. The average Bonchev–Trinajstić information content (AvgIpc) is 3.04. The van der Waals surface area contributed by atoms with Crippen LogP contribution in [0, 0.1) is 0 Å². The molecule has 0 amide bonds. The number of rotatable bonds is 20. The fourth-order valence-electron chi connectivity index (χ4n) is 4.79. The number of phenols is 1. The highest BCUT2D eigenvalue weighted by atomic mass is 16.5. The first kappa shape index (κ1) is 35.4. The van der Waals surface area contributed by atoms with Crippen LogP contribution >= 0.6 is 0 Å². The third-order valence-corrected chi connectivity index (χ3v) is 7.55. The van der Waals surface area contributed by atoms with Crippen molar-refractivity contribution in [1.82, 2.24) is 0 Å². The predicted octanol–water partition coefficient (Wildman–Crippen LogP) is 10.0. The summed E-state index contributed by atoms with van der Waals surface area (Å²) in [6.07, 6.45) is 15.3. The summed E-state index contributed by atoms with van der Waals surface area (Å²) in [6, 6.07) is 18.2. The van der Waals surface area contributed by atoms with E-state index in [4.69, 9.17) is 14.2 Å². The Bertz CT molecular complexity index is 1330. The van der Waals surface area contributed by atoms with E-state index < -0.39 is 5.97 Å². The highest BCUT2D eigenvalue weighted by molar-refractivity contribution is 5.92. The molecule has 0 saturated carbocycles. The van der Waals surface area contributed by atoms with E-state index in [0.717, 1.165) is 32.1 Å². The van der Waals surface area contributed by atoms with E-state index in [1.165, 1.54) is 44.9 Å². The average molecular weight is 616 g/mol. The molecule has 1 N–H and O–H groups in total. The first-order chi connectivity index (χ1) is 21.9. The zero-order chi connectivity index (χ0) is 32.3. The standard InChI is InChI=1S/C38H49NO6/c1-4-6-8-10-12-14-26-43-35-25-20-32(36(40)27-35)28-39-33-21-16-30(17-22-33)38(42)45-34-23-18-31(19-24-34)37(41)44-29(3)15-13-11-9-7-5-2/h16-25,27-29,40H,4-15,26H2,1-3H3. The number of ether oxygens (including phenoxy) is 3. The molecule has 1 unspecified atom stereocenters. The van der Waals surface area contributed by atoms with Gasteiger partial charge in [0.15, 0.2) is 0 Å². The van der Waals surface area contributed by atoms with Gasteiger partial charge in [0.25, 0.3) is 0 Å². The van der Waals surface area contributed by atoms with E-state index in [0.29, 0.717) is 40.5 Å². The summed E-state index contributed by atoms with van der Waals surface area (Å²) in [5, 5.41) is 10.4. The van der Waals surface area contributed by atoms with Gasteiger partial charge in [-0.1, -0.05) is 71.6 Å². The molecule has 3 aromatic carbocycles. The van der Waals surface area contributed by atoms with Crippen molar-refractivity contribution in [2.75, 3.05) is 6.61 Å². The predicted molar refractivity (Wildman–Crippen MR) is 180 cm³/mol. The Kier molecular flexibility index (Phi) is 15.7. The van der Waals surface area contributed by atoms with E-state index in [1.54, 1.807) is 66.9 Å². The number of aromatic hydroxyl groups is 1. The third-order valence-electron chi connectivity index (χ3n) is 7.55. The zero-order valence-electron chi connectivity index (χ0n) is 27.1. The molecule has 7 heteroatoms. The first-order valence-corrected chi connectivity index (χ1v) is 16.5. The second-order valence-electron chi connectivity index (χ2n) is 11.5. The summed E-state index contributed by atoms with van der Waals surface area (Å²) in [4.78, 5) is 29.6. The second kappa shape index (κ2) is 20.0. The molecular formula is C38H49NO6. The molecule has 242 valence electrons. The number of benzene rings is 3. The Morgan fingerprint density at radius 2 is 1.31 bits per heavy atom. The topological polar surface area (TPSA) is 94.4 Å². The van der Waals surface area contributed by atoms with Crippen molar-refractivity contribution in [2.45, 2.75) is 104 Å². The van der Waals surface area contributed by atoms with Gasteiger partial charge < -0.3 is 19.3 Å². The maximum atomic E-state index is 12.7. The molecule has 0 bridgehead atoms. The summed E-state index contributed by atoms with van der Waals surface area (Å²) in [5.74, 6) is 0.148. The van der Waals surface area contributed by atoms with Gasteiger partial charge in [0, 0.05) is 17.8 Å². The Morgan fingerprint density at radius 1 is 0.733 bits per heavy atom. The minimum absolute atomic E-state index is 0.0889. The maximum Gasteiger partial charge on any atom is 0.343 e. The molecule has 1 atom stereocenters. The van der Waals surface area contributed by atoms with Crippen molar-refractivity contribution >= 4 is 23.8 Å². The lowest BCUT2D eigenvalue weighted by Crippen LogP contribution is -2.15. The third kappa shape index (κ3) is 13.2. The molecule has 0 heterocycles. The summed E-state index contributed by atoms with van der Waals surface area (Å²) >= 11 is 0. The summed E-state index contributed by atoms with van der Waals surface area (Å²) in [6.45, 7) is 6.95. The maximum absolute atomic E-state index is 12.7. The lowest BCUT2D eigenvalue weighted by Gasteiger charge is -2.13. The second-order valence-corrected chi connectivity index (χ2v) is 11.5. The molecule has 0 aliphatic carbocycles. The fourth-order valence-corrected chi connectivity index (χ4v) is 4.79. The molecule has 0 aliphatic rings. The lowest BCUT2D eigenvalue weighted by atomic mass is 10.1. The van der Waals surface area contributed by atoms with Crippen molar-refractivity contribution in [3.63, 3.8) is 0 Å². The highest BCUT2D eigenvalue weighted by Gasteiger charge is 2.14. The van der Waals surface area contributed by atoms with E-state index in [9.17, 15) is 14.7 Å². The van der Waals surface area contributed by atoms with Crippen LogP contribution in [0.5, 0.6) is 17.2 Å². The number of phenolic OH excluding ortho intramolecular Hbond substituents is 1. The van der Waals surface area contributed by atoms with Crippen LogP contribution in [0.3, 0.4) is 0 Å². The first-order valence-electron chi connectivity index (χ1n) is 16.5. The van der Waals surface area contributed by atoms with E-state index in [-0.39, 0.29) is 17.8 Å². The smallest absolute Gasteiger partial charge is 0.343 e. The number of aliphatic imine (C=N–C) groups is 1. The van der Waals surface area contributed by atoms with Crippen LogP contribution in [-0.2, 0) is 4.74 Å². The Morgan fingerprint density at radius 3 is 1.98 bits per heavy atom. The molecule has 0 spiro atoms. The Hall–Kier alpha value is -4.13. The van der Waals surface area contributed by atoms with Crippen LogP contribution in [0.25, 0.3) is 0 Å². The molecule has 3 rings (SSSR count). The number of carbonyl (C=O) groups is 2. The number of unbranched alkanes of at least 4 members (excludes halogenated alkanes) is 9. The molecule has 45 heavy (non-hydrogen) atoms. The van der Waals surface area contributed by atoms with Crippen LogP contribution < -0.4 is 9.47 Å². The largest absolute Gasteiger partial charge is 0.507 e. The van der Waals surface area contributed by atoms with Crippen LogP contribution in [0.15, 0.2) is 71.7 Å². The van der Waals surface area contributed by atoms with Gasteiger partial charge in [-0.05, 0) is 86.8 Å². The van der Waals surface area contributed by atoms with Gasteiger partial charge in [0.1, 0.15) is 17.2 Å². The molecular weight excluding hydrogens is 566 g/mol. The summed E-state index contributed by atoms with van der Waals surface area (Å²) < 4.78 is 16.8. The molecule has 0 aromatic heterocycles.